The molecule has 1 amide bonds. The number of ether oxygens (including phenoxy) is 3. The lowest BCUT2D eigenvalue weighted by Crippen LogP contribution is -2.34. The van der Waals surface area contributed by atoms with E-state index >= 15 is 0 Å². The average Bonchev–Trinajstić information content (AvgIpc) is 2.83. The van der Waals surface area contributed by atoms with Gasteiger partial charge >= 0.3 is 5.97 Å². The van der Waals surface area contributed by atoms with Gasteiger partial charge in [-0.2, -0.15) is 0 Å². The summed E-state index contributed by atoms with van der Waals surface area (Å²) in [5, 5.41) is 12.2. The molecular formula is C27H24Cl2FNO6. The Morgan fingerprint density at radius 1 is 1.11 bits per heavy atom. The van der Waals surface area contributed by atoms with Gasteiger partial charge in [-0.25, -0.2) is 4.39 Å². The van der Waals surface area contributed by atoms with Gasteiger partial charge in [-0.05, 0) is 68.3 Å². The third kappa shape index (κ3) is 5.92. The number of aliphatic carboxylic acids is 1. The summed E-state index contributed by atoms with van der Waals surface area (Å²) >= 11 is 12.7. The maximum atomic E-state index is 14.2. The summed E-state index contributed by atoms with van der Waals surface area (Å²) in [5.41, 5.74) is -0.00895. The van der Waals surface area contributed by atoms with Crippen LogP contribution in [0.25, 0.3) is 0 Å². The van der Waals surface area contributed by atoms with Crippen LogP contribution in [0, 0.1) is 12.7 Å². The number of hydrogen-bond acceptors (Lipinski definition) is 5. The van der Waals surface area contributed by atoms with E-state index in [1.165, 1.54) is 32.0 Å². The largest absolute Gasteiger partial charge is 0.488 e. The predicted octanol–water partition coefficient (Wildman–Crippen LogP) is 6.27. The standard InChI is InChI=1S/C27H24Cl2FNO6/c1-14-4-5-22-24(6-14)36-13-18(37-22)12-35-23-11-20(28)19(10-21(23)29)25(32)31-17-8-15(7-16(30)9-17)27(2,3)26(33)34/h4-11,18H,12-13H2,1-3H3,(H,31,32)(H,33,34)/t18-/m1/s1. The van der Waals surface area contributed by atoms with E-state index in [0.29, 0.717) is 11.5 Å². The van der Waals surface area contributed by atoms with Crippen LogP contribution < -0.4 is 19.5 Å². The highest BCUT2D eigenvalue weighted by molar-refractivity contribution is 6.37. The number of amides is 1. The minimum atomic E-state index is -1.37. The SMILES string of the molecule is Cc1ccc2c(c1)OC[C@@H](COc1cc(Cl)c(C(=O)Nc3cc(F)cc(C(C)(C)C(=O)O)c3)cc1Cl)O2. The van der Waals surface area contributed by atoms with E-state index in [1.54, 1.807) is 0 Å². The van der Waals surface area contributed by atoms with Gasteiger partial charge in [0.05, 0.1) is 21.0 Å². The maximum Gasteiger partial charge on any atom is 0.313 e. The fraction of sp³-hybridized carbons (Fsp3) is 0.259. The highest BCUT2D eigenvalue weighted by Crippen LogP contribution is 2.35. The van der Waals surface area contributed by atoms with Gasteiger partial charge in [0.25, 0.3) is 5.91 Å². The molecule has 4 rings (SSSR count). The molecule has 0 bridgehead atoms. The first kappa shape index (κ1) is 26.6. The molecule has 2 N–H and O–H groups in total. The molecule has 7 nitrogen and oxygen atoms in total. The molecule has 1 heterocycles. The van der Waals surface area contributed by atoms with Gasteiger partial charge in [0, 0.05) is 11.8 Å². The molecule has 0 aliphatic carbocycles. The number of carboxylic acids is 1. The lowest BCUT2D eigenvalue weighted by atomic mass is 9.84. The van der Waals surface area contributed by atoms with Crippen LogP contribution in [0.1, 0.15) is 35.3 Å². The second-order valence-electron chi connectivity index (χ2n) is 9.19. The molecule has 0 radical (unpaired) electrons. The van der Waals surface area contributed by atoms with Crippen molar-refractivity contribution in [1.82, 2.24) is 0 Å². The highest BCUT2D eigenvalue weighted by atomic mass is 35.5. The van der Waals surface area contributed by atoms with E-state index < -0.39 is 23.1 Å². The number of halogens is 3. The third-order valence-corrected chi connectivity index (χ3v) is 6.53. The van der Waals surface area contributed by atoms with Crippen LogP contribution in [-0.2, 0) is 10.2 Å². The minimum Gasteiger partial charge on any atom is -0.488 e. The van der Waals surface area contributed by atoms with E-state index in [4.69, 9.17) is 37.4 Å². The summed E-state index contributed by atoms with van der Waals surface area (Å²) in [5.74, 6) is -0.942. The molecule has 0 unspecified atom stereocenters. The van der Waals surface area contributed by atoms with Crippen LogP contribution in [0.15, 0.2) is 48.5 Å². The second-order valence-corrected chi connectivity index (χ2v) is 10.0. The van der Waals surface area contributed by atoms with Crippen LogP contribution in [0.5, 0.6) is 17.2 Å². The summed E-state index contributed by atoms with van der Waals surface area (Å²) < 4.78 is 31.6. The number of aryl methyl sites for hydroxylation is 1. The molecule has 0 fully saturated rings. The van der Waals surface area contributed by atoms with Crippen molar-refractivity contribution in [3.8, 4) is 17.2 Å². The van der Waals surface area contributed by atoms with Crippen molar-refractivity contribution >= 4 is 40.8 Å². The fourth-order valence-corrected chi connectivity index (χ4v) is 4.10. The molecule has 1 aliphatic rings. The molecule has 1 atom stereocenters. The zero-order valence-corrected chi connectivity index (χ0v) is 21.7. The van der Waals surface area contributed by atoms with E-state index in [9.17, 15) is 19.1 Å². The number of carbonyl (C=O) groups is 2. The van der Waals surface area contributed by atoms with Crippen LogP contribution in [-0.4, -0.2) is 36.3 Å². The Hall–Kier alpha value is -3.49. The Labute approximate surface area is 223 Å². The molecule has 3 aromatic rings. The number of hydrogen-bond donors (Lipinski definition) is 2. The Morgan fingerprint density at radius 3 is 2.59 bits per heavy atom. The van der Waals surface area contributed by atoms with Crippen molar-refractivity contribution < 1.29 is 33.3 Å². The number of benzene rings is 3. The van der Waals surface area contributed by atoms with Gasteiger partial charge in [-0.15, -0.1) is 0 Å². The molecule has 3 aromatic carbocycles. The van der Waals surface area contributed by atoms with Crippen molar-refractivity contribution in [3.63, 3.8) is 0 Å². The van der Waals surface area contributed by atoms with E-state index in [-0.39, 0.29) is 51.9 Å². The number of nitrogens with one attached hydrogen (secondary N) is 1. The van der Waals surface area contributed by atoms with E-state index in [0.717, 1.165) is 17.7 Å². The Balaban J connectivity index is 1.45. The summed E-state index contributed by atoms with van der Waals surface area (Å²) in [6.45, 7) is 5.26. The average molecular weight is 548 g/mol. The topological polar surface area (TPSA) is 94.1 Å². The van der Waals surface area contributed by atoms with Crippen molar-refractivity contribution in [2.24, 2.45) is 0 Å². The first-order chi connectivity index (χ1) is 17.4. The van der Waals surface area contributed by atoms with Gasteiger partial charge < -0.3 is 24.6 Å². The van der Waals surface area contributed by atoms with Gasteiger partial charge in [-0.3, -0.25) is 9.59 Å². The molecule has 37 heavy (non-hydrogen) atoms. The number of carbonyl (C=O) groups excluding carboxylic acids is 1. The minimum absolute atomic E-state index is 0.0314. The normalized spacial score (nSPS) is 14.7. The van der Waals surface area contributed by atoms with Gasteiger partial charge in [0.1, 0.15) is 24.8 Å². The monoisotopic (exact) mass is 547 g/mol. The smallest absolute Gasteiger partial charge is 0.313 e. The first-order valence-corrected chi connectivity index (χ1v) is 12.1. The van der Waals surface area contributed by atoms with Crippen molar-refractivity contribution in [2.75, 3.05) is 18.5 Å². The van der Waals surface area contributed by atoms with Crippen LogP contribution in [0.3, 0.4) is 0 Å². The molecule has 0 spiro atoms. The number of carboxylic acid groups (broad SMARTS) is 1. The van der Waals surface area contributed by atoms with Crippen molar-refractivity contribution in [2.45, 2.75) is 32.3 Å². The van der Waals surface area contributed by atoms with Crippen molar-refractivity contribution in [3.05, 3.63) is 81.1 Å². The van der Waals surface area contributed by atoms with Crippen molar-refractivity contribution in [1.29, 1.82) is 0 Å². The van der Waals surface area contributed by atoms with Crippen LogP contribution in [0.4, 0.5) is 10.1 Å². The third-order valence-electron chi connectivity index (χ3n) is 5.92. The molecule has 194 valence electrons. The number of anilines is 1. The fourth-order valence-electron chi connectivity index (χ4n) is 3.64. The Bertz CT molecular complexity index is 1380. The summed E-state index contributed by atoms with van der Waals surface area (Å²) in [7, 11) is 0. The quantitative estimate of drug-likeness (QED) is 0.361. The first-order valence-electron chi connectivity index (χ1n) is 11.3. The van der Waals surface area contributed by atoms with E-state index in [2.05, 4.69) is 5.32 Å². The maximum absolute atomic E-state index is 14.2. The van der Waals surface area contributed by atoms with Crippen LogP contribution in [0.2, 0.25) is 10.0 Å². The number of fused-ring (bicyclic) bond motifs is 1. The molecule has 0 aromatic heterocycles. The summed E-state index contributed by atoms with van der Waals surface area (Å²) in [6.07, 6.45) is -0.384. The van der Waals surface area contributed by atoms with Gasteiger partial charge in [-0.1, -0.05) is 29.3 Å². The molecular weight excluding hydrogens is 524 g/mol. The Morgan fingerprint density at radius 2 is 1.86 bits per heavy atom. The lowest BCUT2D eigenvalue weighted by molar-refractivity contribution is -0.142. The second kappa shape index (κ2) is 10.5. The molecule has 0 saturated heterocycles. The van der Waals surface area contributed by atoms with E-state index in [1.807, 2.05) is 25.1 Å². The molecule has 1 aliphatic heterocycles. The zero-order chi connectivity index (χ0) is 26.9. The molecule has 0 saturated carbocycles. The van der Waals surface area contributed by atoms with Gasteiger partial charge in [0.15, 0.2) is 17.6 Å². The van der Waals surface area contributed by atoms with Gasteiger partial charge in [0.2, 0.25) is 0 Å². The molecule has 10 heteroatoms. The zero-order valence-electron chi connectivity index (χ0n) is 20.2. The number of rotatable bonds is 7. The highest BCUT2D eigenvalue weighted by Gasteiger charge is 2.30. The predicted molar refractivity (Wildman–Crippen MR) is 138 cm³/mol. The Kier molecular flexibility index (Phi) is 7.52. The van der Waals surface area contributed by atoms with Crippen LogP contribution >= 0.6 is 23.2 Å². The summed E-state index contributed by atoms with van der Waals surface area (Å²) in [6, 6.07) is 12.0. The lowest BCUT2D eigenvalue weighted by Gasteiger charge is -2.27. The summed E-state index contributed by atoms with van der Waals surface area (Å²) in [4.78, 5) is 24.4.